The summed E-state index contributed by atoms with van der Waals surface area (Å²) in [6.45, 7) is 2.03. The molecule has 0 atom stereocenters. The van der Waals surface area contributed by atoms with Gasteiger partial charge in [0.25, 0.3) is 5.22 Å². The number of ether oxygens (including phenoxy) is 2. The molecule has 0 spiro atoms. The van der Waals surface area contributed by atoms with E-state index in [-0.39, 0.29) is 11.7 Å². The summed E-state index contributed by atoms with van der Waals surface area (Å²) in [5.74, 6) is 1.89. The number of aryl methyl sites for hydroxylation is 3. The van der Waals surface area contributed by atoms with E-state index in [0.717, 1.165) is 24.2 Å². The molecular formula is C22H24ClN3O4S. The quantitative estimate of drug-likeness (QED) is 0.427. The van der Waals surface area contributed by atoms with Crippen molar-refractivity contribution in [2.45, 2.75) is 31.4 Å². The van der Waals surface area contributed by atoms with Crippen molar-refractivity contribution >= 4 is 35.0 Å². The van der Waals surface area contributed by atoms with Crippen LogP contribution in [0.4, 0.5) is 5.69 Å². The number of methoxy groups -OCH3 is 2. The van der Waals surface area contributed by atoms with Crippen molar-refractivity contribution in [3.8, 4) is 11.5 Å². The van der Waals surface area contributed by atoms with Gasteiger partial charge in [-0.1, -0.05) is 35.5 Å². The van der Waals surface area contributed by atoms with E-state index in [1.807, 2.05) is 13.0 Å². The van der Waals surface area contributed by atoms with Crippen molar-refractivity contribution < 1.29 is 18.7 Å². The van der Waals surface area contributed by atoms with Crippen molar-refractivity contribution in [2.75, 3.05) is 25.3 Å². The number of carbonyl (C=O) groups excluding carboxylic acids is 1. The Bertz CT molecular complexity index is 1040. The van der Waals surface area contributed by atoms with E-state index in [1.165, 1.54) is 24.4 Å². The molecule has 7 nitrogen and oxygen atoms in total. The molecule has 3 aromatic rings. The van der Waals surface area contributed by atoms with Gasteiger partial charge in [-0.05, 0) is 55.2 Å². The average molecular weight is 462 g/mol. The van der Waals surface area contributed by atoms with E-state index in [1.54, 1.807) is 25.3 Å². The third-order valence-electron chi connectivity index (χ3n) is 4.53. The molecule has 2 aromatic carbocycles. The Hall–Kier alpha value is -2.71. The fraction of sp³-hybridized carbons (Fsp3) is 0.318. The van der Waals surface area contributed by atoms with Crippen molar-refractivity contribution in [1.82, 2.24) is 10.2 Å². The van der Waals surface area contributed by atoms with Gasteiger partial charge in [0.05, 0.1) is 25.7 Å². The lowest BCUT2D eigenvalue weighted by molar-refractivity contribution is -0.113. The summed E-state index contributed by atoms with van der Waals surface area (Å²) in [7, 11) is 3.20. The van der Waals surface area contributed by atoms with Crippen LogP contribution in [0.5, 0.6) is 11.5 Å². The molecule has 1 aromatic heterocycles. The average Bonchev–Trinajstić information content (AvgIpc) is 3.20. The van der Waals surface area contributed by atoms with E-state index >= 15 is 0 Å². The minimum absolute atomic E-state index is 0.127. The Morgan fingerprint density at radius 1 is 1.10 bits per heavy atom. The van der Waals surface area contributed by atoms with Gasteiger partial charge in [-0.3, -0.25) is 4.79 Å². The van der Waals surface area contributed by atoms with E-state index in [0.29, 0.717) is 34.0 Å². The fourth-order valence-corrected chi connectivity index (χ4v) is 3.78. The van der Waals surface area contributed by atoms with Crippen LogP contribution < -0.4 is 14.8 Å². The maximum Gasteiger partial charge on any atom is 0.277 e. The number of thioether (sulfide) groups is 1. The van der Waals surface area contributed by atoms with Crippen LogP contribution in [0.3, 0.4) is 0 Å². The maximum atomic E-state index is 12.2. The zero-order valence-corrected chi connectivity index (χ0v) is 19.2. The van der Waals surface area contributed by atoms with Crippen molar-refractivity contribution in [3.05, 3.63) is 58.4 Å². The van der Waals surface area contributed by atoms with Gasteiger partial charge in [0.15, 0.2) is 0 Å². The smallest absolute Gasteiger partial charge is 0.277 e. The summed E-state index contributed by atoms with van der Waals surface area (Å²) in [4.78, 5) is 12.2. The van der Waals surface area contributed by atoms with E-state index in [9.17, 15) is 4.79 Å². The third kappa shape index (κ3) is 6.63. The Balaban J connectivity index is 1.45. The van der Waals surface area contributed by atoms with Crippen molar-refractivity contribution in [1.29, 1.82) is 0 Å². The number of carbonyl (C=O) groups is 1. The predicted octanol–water partition coefficient (Wildman–Crippen LogP) is 4.95. The first kappa shape index (κ1) is 23.0. The molecule has 0 unspecified atom stereocenters. The Kier molecular flexibility index (Phi) is 8.20. The van der Waals surface area contributed by atoms with E-state index in [2.05, 4.69) is 27.6 Å². The summed E-state index contributed by atoms with van der Waals surface area (Å²) in [6.07, 6.45) is 2.46. The van der Waals surface area contributed by atoms with Gasteiger partial charge in [-0.25, -0.2) is 0 Å². The molecule has 0 aliphatic carbocycles. The molecule has 31 heavy (non-hydrogen) atoms. The highest BCUT2D eigenvalue weighted by Gasteiger charge is 2.12. The minimum Gasteiger partial charge on any atom is -0.496 e. The SMILES string of the molecule is COc1ccc(CCCc2nnc(SCC(=O)Nc3cc(Cl)ccc3OC)o2)cc1C. The molecule has 9 heteroatoms. The molecule has 0 aliphatic heterocycles. The monoisotopic (exact) mass is 461 g/mol. The molecule has 164 valence electrons. The zero-order chi connectivity index (χ0) is 22.2. The fourth-order valence-electron chi connectivity index (χ4n) is 3.03. The number of benzene rings is 2. The Morgan fingerprint density at radius 2 is 1.87 bits per heavy atom. The molecule has 3 rings (SSSR count). The van der Waals surface area contributed by atoms with E-state index < -0.39 is 0 Å². The minimum atomic E-state index is -0.222. The molecule has 0 bridgehead atoms. The number of amides is 1. The first-order valence-electron chi connectivity index (χ1n) is 9.70. The molecule has 1 amide bonds. The van der Waals surface area contributed by atoms with Gasteiger partial charge in [-0.15, -0.1) is 10.2 Å². The van der Waals surface area contributed by atoms with Gasteiger partial charge in [0.2, 0.25) is 11.8 Å². The van der Waals surface area contributed by atoms with Crippen LogP contribution in [0.2, 0.25) is 5.02 Å². The third-order valence-corrected chi connectivity index (χ3v) is 5.58. The number of rotatable bonds is 10. The van der Waals surface area contributed by atoms with Gasteiger partial charge >= 0.3 is 0 Å². The van der Waals surface area contributed by atoms with Gasteiger partial charge in [0, 0.05) is 11.4 Å². The largest absolute Gasteiger partial charge is 0.496 e. The van der Waals surface area contributed by atoms with Gasteiger partial charge in [-0.2, -0.15) is 0 Å². The topological polar surface area (TPSA) is 86.5 Å². The highest BCUT2D eigenvalue weighted by molar-refractivity contribution is 7.99. The van der Waals surface area contributed by atoms with Crippen LogP contribution in [0.15, 0.2) is 46.0 Å². The maximum absolute atomic E-state index is 12.2. The van der Waals surface area contributed by atoms with Crippen LogP contribution in [0.1, 0.15) is 23.4 Å². The molecule has 0 fully saturated rings. The normalized spacial score (nSPS) is 10.7. The highest BCUT2D eigenvalue weighted by atomic mass is 35.5. The van der Waals surface area contributed by atoms with Crippen LogP contribution >= 0.6 is 23.4 Å². The van der Waals surface area contributed by atoms with Crippen LogP contribution in [0.25, 0.3) is 0 Å². The van der Waals surface area contributed by atoms with Crippen LogP contribution in [-0.2, 0) is 17.6 Å². The number of hydrogen-bond donors (Lipinski definition) is 1. The van der Waals surface area contributed by atoms with Crippen LogP contribution in [-0.4, -0.2) is 36.1 Å². The summed E-state index contributed by atoms with van der Waals surface area (Å²) in [6, 6.07) is 11.2. The number of hydrogen-bond acceptors (Lipinski definition) is 7. The first-order chi connectivity index (χ1) is 15.0. The second-order valence-corrected chi connectivity index (χ2v) is 8.16. The van der Waals surface area contributed by atoms with E-state index in [4.69, 9.17) is 25.5 Å². The second-order valence-electron chi connectivity index (χ2n) is 6.80. The van der Waals surface area contributed by atoms with Gasteiger partial charge in [0.1, 0.15) is 11.5 Å². The first-order valence-corrected chi connectivity index (χ1v) is 11.1. The molecule has 0 aliphatic rings. The molecule has 1 heterocycles. The summed E-state index contributed by atoms with van der Waals surface area (Å²) in [5.41, 5.74) is 2.87. The highest BCUT2D eigenvalue weighted by Crippen LogP contribution is 2.28. The summed E-state index contributed by atoms with van der Waals surface area (Å²) < 4.78 is 16.2. The lowest BCUT2D eigenvalue weighted by Gasteiger charge is -2.09. The zero-order valence-electron chi connectivity index (χ0n) is 17.6. The predicted molar refractivity (Wildman–Crippen MR) is 121 cm³/mol. The molecule has 0 saturated carbocycles. The number of nitrogens with one attached hydrogen (secondary N) is 1. The number of halogens is 1. The van der Waals surface area contributed by atoms with Crippen molar-refractivity contribution in [2.24, 2.45) is 0 Å². The Labute approximate surface area is 190 Å². The molecule has 0 saturated heterocycles. The standard InChI is InChI=1S/C22H24ClN3O4S/c1-14-11-15(7-9-18(14)28-2)5-4-6-21-25-26-22(30-21)31-13-20(27)24-17-12-16(23)8-10-19(17)29-3/h7-12H,4-6,13H2,1-3H3,(H,24,27). The van der Waals surface area contributed by atoms with Gasteiger partial charge < -0.3 is 19.2 Å². The molecular weight excluding hydrogens is 438 g/mol. The molecule has 0 radical (unpaired) electrons. The lowest BCUT2D eigenvalue weighted by atomic mass is 10.1. The summed E-state index contributed by atoms with van der Waals surface area (Å²) in [5, 5.41) is 11.7. The van der Waals surface area contributed by atoms with Crippen LogP contribution in [0, 0.1) is 6.92 Å². The molecule has 1 N–H and O–H groups in total. The number of anilines is 1. The summed E-state index contributed by atoms with van der Waals surface area (Å²) >= 11 is 7.17. The Morgan fingerprint density at radius 3 is 2.61 bits per heavy atom. The lowest BCUT2D eigenvalue weighted by Crippen LogP contribution is -2.14. The van der Waals surface area contributed by atoms with Crippen molar-refractivity contribution in [3.63, 3.8) is 0 Å². The second kappa shape index (κ2) is 11.1. The number of nitrogens with zero attached hydrogens (tertiary/aromatic N) is 2. The number of aromatic nitrogens is 2.